The Kier molecular flexibility index (Phi) is 16.5. The van der Waals surface area contributed by atoms with Gasteiger partial charge in [0.25, 0.3) is 0 Å². The maximum absolute atomic E-state index is 11.9. The van der Waals surface area contributed by atoms with Crippen LogP contribution in [0.1, 0.15) is 99.5 Å². The highest BCUT2D eigenvalue weighted by atomic mass is 35.5. The van der Waals surface area contributed by atoms with Crippen LogP contribution in [0.15, 0.2) is 30.9 Å². The highest BCUT2D eigenvalue weighted by molar-refractivity contribution is 6.21. The number of methoxy groups -OCH3 is 2. The van der Waals surface area contributed by atoms with E-state index < -0.39 is 5.60 Å². The van der Waals surface area contributed by atoms with Crippen molar-refractivity contribution in [1.82, 2.24) is 0 Å². The molecule has 0 N–H and O–H groups in total. The number of alkyl halides is 2. The second-order valence-electron chi connectivity index (χ2n) is 13.7. The van der Waals surface area contributed by atoms with Crippen LogP contribution in [0, 0.1) is 23.7 Å². The van der Waals surface area contributed by atoms with E-state index in [1.54, 1.807) is 14.2 Å². The number of benzene rings is 1. The van der Waals surface area contributed by atoms with Crippen LogP contribution in [0.3, 0.4) is 0 Å². The number of rotatable bonds is 6. The summed E-state index contributed by atoms with van der Waals surface area (Å²) in [7, 11) is 3.26. The fourth-order valence-corrected chi connectivity index (χ4v) is 5.93. The zero-order chi connectivity index (χ0) is 33.0. The van der Waals surface area contributed by atoms with E-state index in [1.807, 2.05) is 65.8 Å². The van der Waals surface area contributed by atoms with Gasteiger partial charge in [-0.3, -0.25) is 9.59 Å². The van der Waals surface area contributed by atoms with E-state index in [2.05, 4.69) is 20.4 Å². The van der Waals surface area contributed by atoms with E-state index in [-0.39, 0.29) is 40.1 Å². The first-order chi connectivity index (χ1) is 19.9. The molecular formula is C35H56Cl2O6. The van der Waals surface area contributed by atoms with Crippen LogP contribution in [-0.4, -0.2) is 48.1 Å². The molecule has 3 rings (SSSR count). The molecule has 0 amide bonds. The first kappa shape index (κ1) is 39.1. The number of halogens is 2. The molecule has 2 fully saturated rings. The number of allylic oxidation sites excluding steroid dienone is 1. The monoisotopic (exact) mass is 642 g/mol. The number of esters is 2. The number of hydrogen-bond acceptors (Lipinski definition) is 6. The molecule has 2 aliphatic carbocycles. The van der Waals surface area contributed by atoms with Crippen molar-refractivity contribution < 1.29 is 28.5 Å². The van der Waals surface area contributed by atoms with Crippen molar-refractivity contribution in [1.29, 1.82) is 0 Å². The molecule has 43 heavy (non-hydrogen) atoms. The van der Waals surface area contributed by atoms with E-state index in [4.69, 9.17) is 42.1 Å². The van der Waals surface area contributed by atoms with Crippen molar-refractivity contribution in [2.75, 3.05) is 14.2 Å². The predicted molar refractivity (Wildman–Crippen MR) is 177 cm³/mol. The van der Waals surface area contributed by atoms with E-state index in [1.165, 1.54) is 5.56 Å². The summed E-state index contributed by atoms with van der Waals surface area (Å²) in [6.45, 7) is 19.3. The van der Waals surface area contributed by atoms with Crippen LogP contribution >= 0.6 is 23.2 Å². The molecule has 0 radical (unpaired) electrons. The third-order valence-corrected chi connectivity index (χ3v) is 8.28. The van der Waals surface area contributed by atoms with Gasteiger partial charge < -0.3 is 18.9 Å². The molecule has 2 aliphatic rings. The zero-order valence-electron chi connectivity index (χ0n) is 28.1. The van der Waals surface area contributed by atoms with E-state index in [0.717, 1.165) is 56.4 Å². The van der Waals surface area contributed by atoms with Crippen molar-refractivity contribution in [2.24, 2.45) is 23.7 Å². The maximum Gasteiger partial charge on any atom is 0.309 e. The van der Waals surface area contributed by atoms with Gasteiger partial charge in [-0.25, -0.2) is 0 Å². The average Bonchev–Trinajstić information content (AvgIpc) is 2.89. The lowest BCUT2D eigenvalue weighted by molar-refractivity contribution is -0.164. The van der Waals surface area contributed by atoms with Crippen LogP contribution in [0.4, 0.5) is 0 Å². The summed E-state index contributed by atoms with van der Waals surface area (Å²) in [4.78, 5) is 23.8. The van der Waals surface area contributed by atoms with Crippen LogP contribution in [-0.2, 0) is 25.5 Å². The lowest BCUT2D eigenvalue weighted by Gasteiger charge is -2.32. The Morgan fingerprint density at radius 3 is 1.79 bits per heavy atom. The first-order valence-corrected chi connectivity index (χ1v) is 16.3. The quantitative estimate of drug-likeness (QED) is 0.175. The molecule has 0 heterocycles. The molecule has 246 valence electrons. The third-order valence-electron chi connectivity index (χ3n) is 7.48. The zero-order valence-corrected chi connectivity index (χ0v) is 29.6. The molecule has 0 aromatic heterocycles. The van der Waals surface area contributed by atoms with Gasteiger partial charge in [-0.15, -0.1) is 29.8 Å². The minimum Gasteiger partial charge on any atom is -0.493 e. The molecule has 0 aliphatic heterocycles. The topological polar surface area (TPSA) is 71.1 Å². The molecule has 6 nitrogen and oxygen atoms in total. The summed E-state index contributed by atoms with van der Waals surface area (Å²) < 4.78 is 21.1. The molecule has 6 unspecified atom stereocenters. The van der Waals surface area contributed by atoms with Gasteiger partial charge in [0.15, 0.2) is 11.5 Å². The second-order valence-corrected chi connectivity index (χ2v) is 15.0. The standard InChI is InChI=1S/2C12H21ClO2.C11H14O2/c1-8-7-9(13)5-6-10(8)11(14)15-12(2,3)4;1-8-5-6-9(13)7-10(8)11(14)15-12(2,3)4;1-4-5-9-6-7-10(12-2)11(8-9)13-3/h2*8-10H,5-7H2,1-4H3;4,6-8H,1,5H2,2-3H3. The van der Waals surface area contributed by atoms with Crippen LogP contribution < -0.4 is 9.47 Å². The Hall–Kier alpha value is -1.92. The smallest absolute Gasteiger partial charge is 0.309 e. The third kappa shape index (κ3) is 15.1. The fraction of sp³-hybridized carbons (Fsp3) is 0.714. The number of carbonyl (C=O) groups excluding carboxylic acids is 2. The molecule has 8 heteroatoms. The maximum atomic E-state index is 11.9. The Morgan fingerprint density at radius 2 is 1.30 bits per heavy atom. The summed E-state index contributed by atoms with van der Waals surface area (Å²) in [5.41, 5.74) is 0.401. The van der Waals surface area contributed by atoms with Gasteiger partial charge in [0.05, 0.1) is 26.1 Å². The molecule has 1 aromatic carbocycles. The number of ether oxygens (including phenoxy) is 4. The Balaban J connectivity index is 0.000000324. The molecule has 0 spiro atoms. The summed E-state index contributed by atoms with van der Waals surface area (Å²) in [5, 5.41) is 0.373. The lowest BCUT2D eigenvalue weighted by atomic mass is 9.80. The minimum absolute atomic E-state index is 0.0134. The van der Waals surface area contributed by atoms with Gasteiger partial charge in [0.1, 0.15) is 11.2 Å². The van der Waals surface area contributed by atoms with Crippen molar-refractivity contribution in [3.63, 3.8) is 0 Å². The van der Waals surface area contributed by atoms with Gasteiger partial charge in [0, 0.05) is 10.8 Å². The van der Waals surface area contributed by atoms with Gasteiger partial charge in [-0.05, 0) is 116 Å². The highest BCUT2D eigenvalue weighted by Gasteiger charge is 2.35. The molecule has 1 aromatic rings. The molecule has 6 atom stereocenters. The second kappa shape index (κ2) is 18.1. The van der Waals surface area contributed by atoms with Gasteiger partial charge in [-0.2, -0.15) is 0 Å². The van der Waals surface area contributed by atoms with Crippen molar-refractivity contribution >= 4 is 35.1 Å². The van der Waals surface area contributed by atoms with Gasteiger partial charge in [0.2, 0.25) is 0 Å². The van der Waals surface area contributed by atoms with Crippen molar-refractivity contribution in [3.05, 3.63) is 36.4 Å². The summed E-state index contributed by atoms with van der Waals surface area (Å²) >= 11 is 12.1. The van der Waals surface area contributed by atoms with E-state index >= 15 is 0 Å². The van der Waals surface area contributed by atoms with Gasteiger partial charge in [-0.1, -0.05) is 26.0 Å². The Bertz CT molecular complexity index is 1010. The highest BCUT2D eigenvalue weighted by Crippen LogP contribution is 2.35. The Labute approximate surface area is 271 Å². The van der Waals surface area contributed by atoms with E-state index in [9.17, 15) is 9.59 Å². The lowest BCUT2D eigenvalue weighted by Crippen LogP contribution is -2.35. The molecular weight excluding hydrogens is 587 g/mol. The summed E-state index contributed by atoms with van der Waals surface area (Å²) in [5.74, 6) is 2.15. The minimum atomic E-state index is -0.393. The molecule has 2 saturated carbocycles. The summed E-state index contributed by atoms with van der Waals surface area (Å²) in [6, 6.07) is 5.86. The summed E-state index contributed by atoms with van der Waals surface area (Å²) in [6.07, 6.45) is 8.23. The number of carbonyl (C=O) groups is 2. The van der Waals surface area contributed by atoms with Crippen LogP contribution in [0.2, 0.25) is 0 Å². The van der Waals surface area contributed by atoms with Gasteiger partial charge >= 0.3 is 11.9 Å². The van der Waals surface area contributed by atoms with Crippen LogP contribution in [0.5, 0.6) is 11.5 Å². The normalized spacial score (nSPS) is 25.5. The van der Waals surface area contributed by atoms with Crippen molar-refractivity contribution in [2.45, 2.75) is 122 Å². The Morgan fingerprint density at radius 1 is 0.791 bits per heavy atom. The van der Waals surface area contributed by atoms with E-state index in [0.29, 0.717) is 11.8 Å². The first-order valence-electron chi connectivity index (χ1n) is 15.5. The largest absolute Gasteiger partial charge is 0.493 e. The average molecular weight is 644 g/mol. The van der Waals surface area contributed by atoms with Crippen LogP contribution in [0.25, 0.3) is 0 Å². The predicted octanol–water partition coefficient (Wildman–Crippen LogP) is 9.18. The molecule has 0 saturated heterocycles. The molecule has 0 bridgehead atoms. The SMILES string of the molecule is C=CCc1ccc(OC)c(OC)c1.CC1CC(Cl)CCC1C(=O)OC(C)(C)C.CC1CCC(Cl)CC1C(=O)OC(C)(C)C. The van der Waals surface area contributed by atoms with Crippen molar-refractivity contribution in [3.8, 4) is 11.5 Å². The fourth-order valence-electron chi connectivity index (χ4n) is 5.21. The number of hydrogen-bond donors (Lipinski definition) is 0.